The normalized spacial score (nSPS) is 11.3. The van der Waals surface area contributed by atoms with Gasteiger partial charge in [0.05, 0.1) is 6.20 Å². The average Bonchev–Trinajstić information content (AvgIpc) is 3.13. The lowest BCUT2D eigenvalue weighted by atomic mass is 10.3. The molecule has 8 heteroatoms. The van der Waals surface area contributed by atoms with Crippen LogP contribution in [-0.4, -0.2) is 24.7 Å². The fourth-order valence-electron chi connectivity index (χ4n) is 2.25. The number of rotatable bonds is 4. The molecule has 0 spiro atoms. The minimum absolute atomic E-state index is 0.565. The first kappa shape index (κ1) is 15.8. The monoisotopic (exact) mass is 365 g/mol. The number of pyridine rings is 2. The maximum absolute atomic E-state index is 5.87. The predicted octanol–water partition coefficient (Wildman–Crippen LogP) is 3.60. The summed E-state index contributed by atoms with van der Waals surface area (Å²) in [6.45, 7) is 0. The quantitative estimate of drug-likeness (QED) is 0.515. The molecule has 2 unspecified atom stereocenters. The van der Waals surface area contributed by atoms with Crippen molar-refractivity contribution in [1.29, 1.82) is 0 Å². The van der Waals surface area contributed by atoms with Crippen molar-refractivity contribution < 1.29 is 4.74 Å². The van der Waals surface area contributed by atoms with Crippen LogP contribution in [-0.2, 0) is 0 Å². The molecular formula is C17H13N5OP2. The molecule has 0 saturated heterocycles. The van der Waals surface area contributed by atoms with Crippen LogP contribution in [0.5, 0.6) is 11.5 Å². The summed E-state index contributed by atoms with van der Waals surface area (Å²) >= 11 is 0. The Hall–Kier alpha value is -2.68. The van der Waals surface area contributed by atoms with Gasteiger partial charge >= 0.3 is 0 Å². The molecule has 0 fully saturated rings. The number of ether oxygens (including phenoxy) is 1. The third-order valence-electron chi connectivity index (χ3n) is 3.32. The lowest BCUT2D eigenvalue weighted by Gasteiger charge is -2.07. The summed E-state index contributed by atoms with van der Waals surface area (Å²) in [5, 5.41) is 6.16. The van der Waals surface area contributed by atoms with Gasteiger partial charge in [-0.05, 0) is 47.8 Å². The van der Waals surface area contributed by atoms with Gasteiger partial charge < -0.3 is 4.74 Å². The van der Waals surface area contributed by atoms with E-state index in [1.54, 1.807) is 18.6 Å². The highest BCUT2D eigenvalue weighted by Crippen LogP contribution is 2.36. The maximum Gasteiger partial charge on any atom is 0.205 e. The molecule has 0 saturated carbocycles. The topological polar surface area (TPSA) is 73.7 Å². The Morgan fingerprint density at radius 2 is 1.92 bits per heavy atom. The van der Waals surface area contributed by atoms with Gasteiger partial charge in [-0.2, -0.15) is 4.75 Å². The average molecular weight is 365 g/mol. The van der Waals surface area contributed by atoms with Gasteiger partial charge in [0, 0.05) is 17.7 Å². The zero-order valence-electron chi connectivity index (χ0n) is 13.0. The Morgan fingerprint density at radius 3 is 2.72 bits per heavy atom. The first-order valence-corrected chi connectivity index (χ1v) is 9.31. The summed E-state index contributed by atoms with van der Waals surface area (Å²) in [5.74, 6) is 1.97. The molecule has 0 aliphatic carbocycles. The fourth-order valence-corrected chi connectivity index (χ4v) is 3.99. The van der Waals surface area contributed by atoms with Gasteiger partial charge in [-0.25, -0.2) is 0 Å². The molecule has 0 aliphatic rings. The van der Waals surface area contributed by atoms with E-state index in [-0.39, 0.29) is 0 Å². The van der Waals surface area contributed by atoms with E-state index >= 15 is 0 Å². The summed E-state index contributed by atoms with van der Waals surface area (Å²) in [6.07, 6.45) is 5.10. The molecule has 0 amide bonds. The molecule has 25 heavy (non-hydrogen) atoms. The van der Waals surface area contributed by atoms with Crippen LogP contribution in [0.1, 0.15) is 0 Å². The highest BCUT2D eigenvalue weighted by atomic mass is 31.1. The number of hydrogen-bond donors (Lipinski definition) is 0. The molecule has 0 N–H and O–H groups in total. The minimum atomic E-state index is -1.11. The van der Waals surface area contributed by atoms with Crippen LogP contribution in [0.2, 0.25) is 0 Å². The summed E-state index contributed by atoms with van der Waals surface area (Å²) in [7, 11) is 1.57. The molecule has 0 bridgehead atoms. The maximum atomic E-state index is 5.87. The smallest absolute Gasteiger partial charge is 0.205 e. The molecule has 122 valence electrons. The second-order valence-corrected chi connectivity index (χ2v) is 7.31. The predicted molar refractivity (Wildman–Crippen MR) is 101 cm³/mol. The van der Waals surface area contributed by atoms with Crippen LogP contribution in [0.15, 0.2) is 67.1 Å². The van der Waals surface area contributed by atoms with Gasteiger partial charge in [0.2, 0.25) is 5.82 Å². The van der Waals surface area contributed by atoms with Crippen molar-refractivity contribution in [2.45, 2.75) is 0 Å². The minimum Gasteiger partial charge on any atom is -0.456 e. The van der Waals surface area contributed by atoms with Crippen molar-refractivity contribution in [1.82, 2.24) is 24.7 Å². The van der Waals surface area contributed by atoms with Gasteiger partial charge in [-0.3, -0.25) is 9.97 Å². The zero-order chi connectivity index (χ0) is 17.1. The second kappa shape index (κ2) is 7.06. The number of aromatic nitrogens is 5. The Balaban J connectivity index is 1.66. The van der Waals surface area contributed by atoms with E-state index in [1.807, 2.05) is 48.5 Å². The molecule has 1 aromatic carbocycles. The molecule has 4 rings (SSSR count). The van der Waals surface area contributed by atoms with E-state index in [1.165, 1.54) is 0 Å². The fraction of sp³-hybridized carbons (Fsp3) is 0. The van der Waals surface area contributed by atoms with Gasteiger partial charge in [0.1, 0.15) is 25.0 Å². The summed E-state index contributed by atoms with van der Waals surface area (Å²) in [4.78, 5) is 12.7. The molecular weight excluding hydrogens is 352 g/mol. The molecule has 6 nitrogen and oxygen atoms in total. The van der Waals surface area contributed by atoms with Crippen molar-refractivity contribution >= 4 is 22.4 Å². The van der Waals surface area contributed by atoms with Crippen molar-refractivity contribution in [3.8, 4) is 28.3 Å². The van der Waals surface area contributed by atoms with Crippen molar-refractivity contribution in [3.05, 3.63) is 67.1 Å². The molecule has 3 aromatic heterocycles. The molecule has 0 aliphatic heterocycles. The van der Waals surface area contributed by atoms with Gasteiger partial charge in [0.25, 0.3) is 0 Å². The molecule has 2 atom stereocenters. The largest absolute Gasteiger partial charge is 0.456 e. The summed E-state index contributed by atoms with van der Waals surface area (Å²) in [5.41, 5.74) is 0.727. The van der Waals surface area contributed by atoms with E-state index in [2.05, 4.69) is 33.9 Å². The van der Waals surface area contributed by atoms with Gasteiger partial charge in [0.15, 0.2) is 0 Å². The lowest BCUT2D eigenvalue weighted by molar-refractivity contribution is 0.481. The highest BCUT2D eigenvalue weighted by molar-refractivity contribution is 7.49. The van der Waals surface area contributed by atoms with E-state index in [0.29, 0.717) is 11.6 Å². The second-order valence-electron chi connectivity index (χ2n) is 5.17. The number of benzene rings is 1. The van der Waals surface area contributed by atoms with E-state index in [9.17, 15) is 0 Å². The summed E-state index contributed by atoms with van der Waals surface area (Å²) < 4.78 is 10.5. The lowest BCUT2D eigenvalue weighted by Crippen LogP contribution is -1.93. The molecule has 3 heterocycles. The first-order chi connectivity index (χ1) is 12.3. The van der Waals surface area contributed by atoms with Crippen LogP contribution >= 0.6 is 17.1 Å². The molecule has 4 aromatic rings. The standard InChI is InChI=1S/C17H13N5OP2/c24-14-8-13(23-12-4-3-6-18-11-12)9-15(10-14)25-21-17(20-22-25)16-5-1-2-7-19-16/h1-11H,24H2. The number of hydrogen-bond acceptors (Lipinski definition) is 6. The van der Waals surface area contributed by atoms with Crippen LogP contribution < -0.4 is 10.0 Å². The third kappa shape index (κ3) is 3.71. The number of nitrogens with zero attached hydrogens (tertiary/aromatic N) is 5. The van der Waals surface area contributed by atoms with E-state index < -0.39 is 7.85 Å². The van der Waals surface area contributed by atoms with Crippen LogP contribution in [0.3, 0.4) is 0 Å². The SMILES string of the molecule is Pc1cc(Oc2cccnc2)cc(-p2nnc(-c3ccccn3)n2)c1. The van der Waals surface area contributed by atoms with Crippen LogP contribution in [0, 0.1) is 0 Å². The Labute approximate surface area is 147 Å². The van der Waals surface area contributed by atoms with Crippen LogP contribution in [0.25, 0.3) is 16.8 Å². The van der Waals surface area contributed by atoms with Crippen molar-refractivity contribution in [2.24, 2.45) is 0 Å². The first-order valence-electron chi connectivity index (χ1n) is 7.48. The van der Waals surface area contributed by atoms with E-state index in [0.717, 1.165) is 22.1 Å². The van der Waals surface area contributed by atoms with Crippen molar-refractivity contribution in [2.75, 3.05) is 0 Å². The summed E-state index contributed by atoms with van der Waals surface area (Å²) in [6, 6.07) is 15.2. The van der Waals surface area contributed by atoms with Gasteiger partial charge in [-0.1, -0.05) is 6.07 Å². The van der Waals surface area contributed by atoms with Gasteiger partial charge in [-0.15, -0.1) is 19.2 Å². The highest BCUT2D eigenvalue weighted by Gasteiger charge is 2.11. The van der Waals surface area contributed by atoms with Crippen LogP contribution in [0.4, 0.5) is 0 Å². The Morgan fingerprint density at radius 1 is 0.960 bits per heavy atom. The Bertz CT molecular complexity index is 992. The zero-order valence-corrected chi connectivity index (χ0v) is 15.1. The third-order valence-corrected chi connectivity index (χ3v) is 5.01. The molecule has 0 radical (unpaired) electrons. The van der Waals surface area contributed by atoms with Crippen molar-refractivity contribution in [3.63, 3.8) is 0 Å². The Kier molecular flexibility index (Phi) is 4.47. The van der Waals surface area contributed by atoms with E-state index in [4.69, 9.17) is 4.74 Å².